The molecule has 4 N–H and O–H groups in total. The molecule has 0 spiro atoms. The number of hydrogen-bond donors (Lipinski definition) is 4. The van der Waals surface area contributed by atoms with Gasteiger partial charge in [0.2, 0.25) is 0 Å². The molecule has 0 saturated heterocycles. The Labute approximate surface area is 155 Å². The second-order valence-electron chi connectivity index (χ2n) is 9.89. The first-order valence-corrected chi connectivity index (χ1v) is 10.1. The molecule has 3 unspecified atom stereocenters. The fraction of sp³-hybridized carbons (Fsp3) is 0.857. The number of carbonyl (C=O) groups excluding carboxylic acids is 1. The molecule has 0 aromatic rings. The molecule has 3 fully saturated rings. The molecule has 146 valence electrons. The van der Waals surface area contributed by atoms with E-state index in [1.807, 2.05) is 0 Å². The zero-order valence-corrected chi connectivity index (χ0v) is 16.0. The van der Waals surface area contributed by atoms with Crippen LogP contribution in [0.1, 0.15) is 59.3 Å². The predicted octanol–water partition coefficient (Wildman–Crippen LogP) is 1.57. The fourth-order valence-electron chi connectivity index (χ4n) is 7.18. The van der Waals surface area contributed by atoms with Gasteiger partial charge in [-0.25, -0.2) is 0 Å². The molecule has 4 aliphatic rings. The molecule has 0 aromatic heterocycles. The van der Waals surface area contributed by atoms with Crippen LogP contribution in [0, 0.1) is 28.6 Å². The minimum absolute atomic E-state index is 0.0220. The molecule has 0 heterocycles. The lowest BCUT2D eigenvalue weighted by atomic mass is 9.46. The van der Waals surface area contributed by atoms with Gasteiger partial charge in [-0.3, -0.25) is 4.79 Å². The first-order valence-electron chi connectivity index (χ1n) is 10.1. The number of aliphatic hydroxyl groups is 4. The van der Waals surface area contributed by atoms with Crippen LogP contribution < -0.4 is 0 Å². The summed E-state index contributed by atoms with van der Waals surface area (Å²) in [6, 6.07) is 0. The first kappa shape index (κ1) is 18.6. The number of rotatable bonds is 1. The zero-order chi connectivity index (χ0) is 19.1. The monoisotopic (exact) mass is 364 g/mol. The van der Waals surface area contributed by atoms with E-state index in [1.165, 1.54) is 0 Å². The Kier molecular flexibility index (Phi) is 4.03. The van der Waals surface area contributed by atoms with Crippen LogP contribution in [0.2, 0.25) is 0 Å². The Balaban J connectivity index is 1.79. The maximum atomic E-state index is 13.0. The van der Waals surface area contributed by atoms with E-state index in [9.17, 15) is 25.2 Å². The van der Waals surface area contributed by atoms with Crippen LogP contribution in [0.3, 0.4) is 0 Å². The second kappa shape index (κ2) is 5.63. The average molecular weight is 364 g/mol. The summed E-state index contributed by atoms with van der Waals surface area (Å²) in [5.74, 6) is -0.258. The van der Waals surface area contributed by atoms with Gasteiger partial charge in [0.25, 0.3) is 0 Å². The Morgan fingerprint density at radius 3 is 2.46 bits per heavy atom. The molecule has 0 aromatic carbocycles. The van der Waals surface area contributed by atoms with Gasteiger partial charge in [-0.15, -0.1) is 0 Å². The molecular formula is C21H32O5. The first-order chi connectivity index (χ1) is 12.0. The number of fused-ring (bicyclic) bond motifs is 5. The highest BCUT2D eigenvalue weighted by Crippen LogP contribution is 2.67. The van der Waals surface area contributed by atoms with Crippen molar-refractivity contribution in [3.63, 3.8) is 0 Å². The van der Waals surface area contributed by atoms with Crippen LogP contribution in [-0.2, 0) is 4.79 Å². The van der Waals surface area contributed by atoms with E-state index in [0.29, 0.717) is 19.3 Å². The largest absolute Gasteiger partial charge is 0.393 e. The van der Waals surface area contributed by atoms with Crippen molar-refractivity contribution in [2.45, 2.75) is 83.2 Å². The highest BCUT2D eigenvalue weighted by Gasteiger charge is 2.66. The van der Waals surface area contributed by atoms with Crippen molar-refractivity contribution in [1.29, 1.82) is 0 Å². The van der Waals surface area contributed by atoms with Crippen LogP contribution in [0.15, 0.2) is 11.6 Å². The van der Waals surface area contributed by atoms with Crippen molar-refractivity contribution >= 4 is 5.78 Å². The third kappa shape index (κ3) is 2.15. The summed E-state index contributed by atoms with van der Waals surface area (Å²) in [5.41, 5.74) is -1.11. The number of allylic oxidation sites excluding steroid dienone is 1. The van der Waals surface area contributed by atoms with E-state index in [1.54, 1.807) is 13.0 Å². The van der Waals surface area contributed by atoms with Gasteiger partial charge in [0.1, 0.15) is 0 Å². The normalized spacial score (nSPS) is 54.8. The molecule has 0 amide bonds. The smallest absolute Gasteiger partial charge is 0.159 e. The van der Waals surface area contributed by atoms with E-state index in [-0.39, 0.29) is 23.5 Å². The van der Waals surface area contributed by atoms with Crippen LogP contribution in [-0.4, -0.2) is 50.1 Å². The Hall–Kier alpha value is -0.750. The van der Waals surface area contributed by atoms with E-state index in [0.717, 1.165) is 24.8 Å². The zero-order valence-electron chi connectivity index (χ0n) is 16.0. The quantitative estimate of drug-likeness (QED) is 0.566. The maximum absolute atomic E-state index is 13.0. The number of hydrogen-bond acceptors (Lipinski definition) is 5. The number of carbonyl (C=O) groups is 1. The molecule has 5 heteroatoms. The molecular weight excluding hydrogens is 332 g/mol. The summed E-state index contributed by atoms with van der Waals surface area (Å²) in [6.45, 7) is 5.91. The van der Waals surface area contributed by atoms with E-state index in [2.05, 4.69) is 13.8 Å². The lowest BCUT2D eigenvalue weighted by Crippen LogP contribution is -2.61. The number of ketones is 1. The van der Waals surface area contributed by atoms with Crippen LogP contribution >= 0.6 is 0 Å². The summed E-state index contributed by atoms with van der Waals surface area (Å²) in [5, 5.41) is 42.4. The third-order valence-electron chi connectivity index (χ3n) is 8.77. The van der Waals surface area contributed by atoms with E-state index in [4.69, 9.17) is 0 Å². The van der Waals surface area contributed by atoms with Gasteiger partial charge in [-0.1, -0.05) is 13.8 Å². The maximum Gasteiger partial charge on any atom is 0.159 e. The van der Waals surface area contributed by atoms with Crippen LogP contribution in [0.25, 0.3) is 0 Å². The molecule has 0 bridgehead atoms. The van der Waals surface area contributed by atoms with Gasteiger partial charge >= 0.3 is 0 Å². The minimum Gasteiger partial charge on any atom is -0.393 e. The van der Waals surface area contributed by atoms with Crippen LogP contribution in [0.5, 0.6) is 0 Å². The van der Waals surface area contributed by atoms with Crippen molar-refractivity contribution in [3.05, 3.63) is 11.6 Å². The van der Waals surface area contributed by atoms with Crippen molar-refractivity contribution in [2.75, 3.05) is 0 Å². The summed E-state index contributed by atoms with van der Waals surface area (Å²) >= 11 is 0. The molecule has 9 atom stereocenters. The molecule has 0 radical (unpaired) electrons. The van der Waals surface area contributed by atoms with Crippen LogP contribution in [0.4, 0.5) is 0 Å². The van der Waals surface area contributed by atoms with Gasteiger partial charge in [0.15, 0.2) is 5.78 Å². The highest BCUT2D eigenvalue weighted by molar-refractivity contribution is 5.95. The fourth-order valence-corrected chi connectivity index (χ4v) is 7.18. The Morgan fingerprint density at radius 1 is 1.12 bits per heavy atom. The minimum atomic E-state index is -1.07. The van der Waals surface area contributed by atoms with Crippen molar-refractivity contribution in [1.82, 2.24) is 0 Å². The van der Waals surface area contributed by atoms with Gasteiger partial charge in [-0.2, -0.15) is 0 Å². The summed E-state index contributed by atoms with van der Waals surface area (Å²) in [7, 11) is 0. The summed E-state index contributed by atoms with van der Waals surface area (Å²) < 4.78 is 0. The molecule has 26 heavy (non-hydrogen) atoms. The SMILES string of the molecule is CC(O)[C@H]1CC[C@@]2(O)C3=CC(=O)C4C[C@@H](O)[C@@H](O)C[C@]4(C)C3CC[C@]12C. The topological polar surface area (TPSA) is 98.0 Å². The molecule has 3 saturated carbocycles. The molecule has 0 aliphatic heterocycles. The summed E-state index contributed by atoms with van der Waals surface area (Å²) in [6.07, 6.45) is 3.15. The average Bonchev–Trinajstić information content (AvgIpc) is 2.83. The summed E-state index contributed by atoms with van der Waals surface area (Å²) in [4.78, 5) is 13.0. The van der Waals surface area contributed by atoms with Gasteiger partial charge in [-0.05, 0) is 74.3 Å². The third-order valence-corrected chi connectivity index (χ3v) is 8.77. The van der Waals surface area contributed by atoms with Crippen molar-refractivity contribution in [2.24, 2.45) is 28.6 Å². The van der Waals surface area contributed by atoms with Crippen molar-refractivity contribution < 1.29 is 25.2 Å². The molecule has 4 rings (SSSR count). The predicted molar refractivity (Wildman–Crippen MR) is 96.1 cm³/mol. The Bertz CT molecular complexity index is 657. The van der Waals surface area contributed by atoms with E-state index < -0.39 is 34.7 Å². The Morgan fingerprint density at radius 2 is 1.81 bits per heavy atom. The van der Waals surface area contributed by atoms with E-state index >= 15 is 0 Å². The number of aliphatic hydroxyl groups excluding tert-OH is 3. The second-order valence-corrected chi connectivity index (χ2v) is 9.89. The standard InChI is InChI=1S/C21H32O5/c1-11(22)12-5-7-21(26)14-8-16(23)15-9-17(24)18(25)10-19(15,2)13(14)4-6-20(12,21)3/h8,11-13,15,17-18,22,24-26H,4-7,9-10H2,1-3H3/t11?,12-,13?,15?,17-,18+,19-,20-,21-/m1/s1. The highest BCUT2D eigenvalue weighted by atomic mass is 16.3. The van der Waals surface area contributed by atoms with Crippen molar-refractivity contribution in [3.8, 4) is 0 Å². The lowest BCUT2D eigenvalue weighted by Gasteiger charge is -2.60. The van der Waals surface area contributed by atoms with Gasteiger partial charge in [0, 0.05) is 11.3 Å². The molecule has 5 nitrogen and oxygen atoms in total. The lowest BCUT2D eigenvalue weighted by molar-refractivity contribution is -0.154. The van der Waals surface area contributed by atoms with Gasteiger partial charge in [0.05, 0.1) is 23.9 Å². The molecule has 4 aliphatic carbocycles. The van der Waals surface area contributed by atoms with Gasteiger partial charge < -0.3 is 20.4 Å².